The minimum absolute atomic E-state index is 0.0675. The topological polar surface area (TPSA) is 66.6 Å². The summed E-state index contributed by atoms with van der Waals surface area (Å²) in [5.74, 6) is -0.0675. The Morgan fingerprint density at radius 1 is 1.38 bits per heavy atom. The number of likely N-dealkylation sites (tertiary alicyclic amines) is 1. The average Bonchev–Trinajstić information content (AvgIpc) is 2.24. The van der Waals surface area contributed by atoms with Gasteiger partial charge in [0.25, 0.3) is 0 Å². The lowest BCUT2D eigenvalue weighted by molar-refractivity contribution is -0.135. The quantitative estimate of drug-likeness (QED) is 0.560. The van der Waals surface area contributed by atoms with E-state index in [1.54, 1.807) is 23.1 Å². The van der Waals surface area contributed by atoms with Gasteiger partial charge >= 0.3 is 0 Å². The largest absolute Gasteiger partial charge is 0.399 e. The van der Waals surface area contributed by atoms with Crippen LogP contribution < -0.4 is 5.73 Å². The van der Waals surface area contributed by atoms with E-state index in [0.717, 1.165) is 5.56 Å². The molecule has 1 fully saturated rings. The number of nitrogens with zero attached hydrogens (tertiary/aromatic N) is 1. The first-order valence-corrected chi connectivity index (χ1v) is 5.16. The van der Waals surface area contributed by atoms with Crippen LogP contribution in [0.25, 0.3) is 6.08 Å². The lowest BCUT2D eigenvalue weighted by atomic mass is 10.1. The second kappa shape index (κ2) is 4.37. The highest BCUT2D eigenvalue weighted by atomic mass is 16.3. The van der Waals surface area contributed by atoms with Crippen LogP contribution in [0.15, 0.2) is 30.3 Å². The number of aliphatic hydroxyl groups excluding tert-OH is 1. The Balaban J connectivity index is 1.93. The number of aliphatic hydroxyl groups is 1. The third-order valence-corrected chi connectivity index (χ3v) is 2.53. The molecule has 16 heavy (non-hydrogen) atoms. The summed E-state index contributed by atoms with van der Waals surface area (Å²) in [5.41, 5.74) is 7.19. The van der Waals surface area contributed by atoms with Gasteiger partial charge in [-0.3, -0.25) is 4.79 Å². The van der Waals surface area contributed by atoms with Crippen molar-refractivity contribution in [2.24, 2.45) is 0 Å². The third-order valence-electron chi connectivity index (χ3n) is 2.53. The Labute approximate surface area is 94.0 Å². The van der Waals surface area contributed by atoms with Crippen molar-refractivity contribution >= 4 is 17.7 Å². The van der Waals surface area contributed by atoms with Crippen LogP contribution in [0.5, 0.6) is 0 Å². The van der Waals surface area contributed by atoms with E-state index in [0.29, 0.717) is 18.8 Å². The van der Waals surface area contributed by atoms with Gasteiger partial charge in [-0.05, 0) is 23.8 Å². The Bertz CT molecular complexity index is 406. The second-order valence-corrected chi connectivity index (χ2v) is 3.90. The lowest BCUT2D eigenvalue weighted by Gasteiger charge is -2.34. The molecule has 1 aromatic carbocycles. The smallest absolute Gasteiger partial charge is 0.246 e. The maximum Gasteiger partial charge on any atom is 0.246 e. The maximum absolute atomic E-state index is 11.5. The van der Waals surface area contributed by atoms with Gasteiger partial charge in [-0.15, -0.1) is 0 Å². The number of nitrogens with two attached hydrogens (primary N) is 1. The number of hydrogen-bond acceptors (Lipinski definition) is 3. The normalized spacial score (nSPS) is 16.4. The molecule has 0 spiro atoms. The number of anilines is 1. The zero-order valence-corrected chi connectivity index (χ0v) is 8.84. The lowest BCUT2D eigenvalue weighted by Crippen LogP contribution is -2.52. The van der Waals surface area contributed by atoms with E-state index >= 15 is 0 Å². The number of benzene rings is 1. The molecule has 3 N–H and O–H groups in total. The van der Waals surface area contributed by atoms with E-state index in [1.807, 2.05) is 12.1 Å². The Kier molecular flexibility index (Phi) is 2.92. The van der Waals surface area contributed by atoms with E-state index in [9.17, 15) is 4.79 Å². The van der Waals surface area contributed by atoms with Gasteiger partial charge in [-0.25, -0.2) is 0 Å². The molecule has 0 bridgehead atoms. The molecule has 0 radical (unpaired) electrons. The van der Waals surface area contributed by atoms with E-state index in [2.05, 4.69) is 0 Å². The van der Waals surface area contributed by atoms with Crippen LogP contribution in [-0.2, 0) is 4.79 Å². The average molecular weight is 218 g/mol. The highest BCUT2D eigenvalue weighted by molar-refractivity contribution is 5.92. The summed E-state index contributed by atoms with van der Waals surface area (Å²) in [6, 6.07) is 7.28. The number of carbonyl (C=O) groups excluding carboxylic acids is 1. The standard InChI is InChI=1S/C12H14N2O2/c13-10-4-1-9(2-5-10)3-6-12(16)14-7-11(15)8-14/h1-6,11,15H,7-8,13H2/b6-3+. The summed E-state index contributed by atoms with van der Waals surface area (Å²) in [5, 5.41) is 9.05. The number of nitrogen functional groups attached to an aromatic ring is 1. The summed E-state index contributed by atoms with van der Waals surface area (Å²) in [4.78, 5) is 13.1. The highest BCUT2D eigenvalue weighted by Gasteiger charge is 2.26. The molecule has 1 amide bonds. The first kappa shape index (κ1) is 10.7. The fourth-order valence-corrected chi connectivity index (χ4v) is 1.52. The van der Waals surface area contributed by atoms with Crippen molar-refractivity contribution in [1.29, 1.82) is 0 Å². The van der Waals surface area contributed by atoms with Crippen LogP contribution in [0.4, 0.5) is 5.69 Å². The molecule has 1 aliphatic heterocycles. The van der Waals surface area contributed by atoms with Gasteiger partial charge in [0.1, 0.15) is 0 Å². The van der Waals surface area contributed by atoms with E-state index < -0.39 is 0 Å². The van der Waals surface area contributed by atoms with Crippen LogP contribution in [0.2, 0.25) is 0 Å². The molecule has 0 atom stereocenters. The molecule has 4 nitrogen and oxygen atoms in total. The van der Waals surface area contributed by atoms with Gasteiger partial charge < -0.3 is 15.7 Å². The molecule has 1 aromatic rings. The fraction of sp³-hybridized carbons (Fsp3) is 0.250. The number of rotatable bonds is 2. The first-order chi connectivity index (χ1) is 7.65. The van der Waals surface area contributed by atoms with E-state index in [1.165, 1.54) is 6.08 Å². The van der Waals surface area contributed by atoms with Crippen molar-refractivity contribution in [1.82, 2.24) is 4.90 Å². The molecule has 4 heteroatoms. The summed E-state index contributed by atoms with van der Waals surface area (Å²) >= 11 is 0. The number of carbonyl (C=O) groups is 1. The number of amides is 1. The molecule has 0 aliphatic carbocycles. The van der Waals surface area contributed by atoms with E-state index in [4.69, 9.17) is 10.8 Å². The molecule has 84 valence electrons. The van der Waals surface area contributed by atoms with Crippen LogP contribution in [0, 0.1) is 0 Å². The number of hydrogen-bond donors (Lipinski definition) is 2. The van der Waals surface area contributed by atoms with Crippen molar-refractivity contribution < 1.29 is 9.90 Å². The summed E-state index contributed by atoms with van der Waals surface area (Å²) in [7, 11) is 0. The van der Waals surface area contributed by atoms with Crippen molar-refractivity contribution in [2.45, 2.75) is 6.10 Å². The van der Waals surface area contributed by atoms with Gasteiger partial charge in [0.05, 0.1) is 6.10 Å². The van der Waals surface area contributed by atoms with Crippen LogP contribution >= 0.6 is 0 Å². The Hall–Kier alpha value is -1.81. The second-order valence-electron chi connectivity index (χ2n) is 3.90. The van der Waals surface area contributed by atoms with Crippen molar-refractivity contribution in [2.75, 3.05) is 18.8 Å². The molecule has 2 rings (SSSR count). The van der Waals surface area contributed by atoms with E-state index in [-0.39, 0.29) is 12.0 Å². The highest BCUT2D eigenvalue weighted by Crippen LogP contribution is 2.10. The van der Waals surface area contributed by atoms with Gasteiger partial charge in [-0.2, -0.15) is 0 Å². The van der Waals surface area contributed by atoms with Gasteiger partial charge in [0.15, 0.2) is 0 Å². The molecule has 0 saturated carbocycles. The zero-order valence-electron chi connectivity index (χ0n) is 8.84. The monoisotopic (exact) mass is 218 g/mol. The summed E-state index contributed by atoms with van der Waals surface area (Å²) in [6.45, 7) is 0.871. The zero-order chi connectivity index (χ0) is 11.5. The summed E-state index contributed by atoms with van der Waals surface area (Å²) < 4.78 is 0. The van der Waals surface area contributed by atoms with Crippen molar-refractivity contribution in [3.63, 3.8) is 0 Å². The van der Waals surface area contributed by atoms with Gasteiger partial charge in [0.2, 0.25) is 5.91 Å². The molecule has 0 aromatic heterocycles. The van der Waals surface area contributed by atoms with Crippen LogP contribution in [0.1, 0.15) is 5.56 Å². The minimum Gasteiger partial charge on any atom is -0.399 e. The fourth-order valence-electron chi connectivity index (χ4n) is 1.52. The minimum atomic E-state index is -0.353. The SMILES string of the molecule is Nc1ccc(/C=C/C(=O)N2CC(O)C2)cc1. The Morgan fingerprint density at radius 3 is 2.56 bits per heavy atom. The maximum atomic E-state index is 11.5. The Morgan fingerprint density at radius 2 is 2.00 bits per heavy atom. The van der Waals surface area contributed by atoms with Crippen molar-refractivity contribution in [3.05, 3.63) is 35.9 Å². The molecule has 1 saturated heterocycles. The molecule has 1 aliphatic rings. The third kappa shape index (κ3) is 2.41. The van der Waals surface area contributed by atoms with Gasteiger partial charge in [-0.1, -0.05) is 12.1 Å². The predicted octanol–water partition coefficient (Wildman–Crippen LogP) is 0.485. The van der Waals surface area contributed by atoms with Crippen LogP contribution in [0.3, 0.4) is 0 Å². The molecular weight excluding hydrogens is 204 g/mol. The molecular formula is C12H14N2O2. The molecule has 1 heterocycles. The van der Waals surface area contributed by atoms with Crippen molar-refractivity contribution in [3.8, 4) is 0 Å². The predicted molar refractivity (Wildman–Crippen MR) is 62.5 cm³/mol. The summed E-state index contributed by atoms with van der Waals surface area (Å²) in [6.07, 6.45) is 2.90. The number of β-amino-alcohol motifs (C(OH)–C–C–N with tert-alkyl or cyclic N) is 1. The first-order valence-electron chi connectivity index (χ1n) is 5.16. The van der Waals surface area contributed by atoms with Gasteiger partial charge in [0, 0.05) is 24.9 Å². The van der Waals surface area contributed by atoms with Crippen LogP contribution in [-0.4, -0.2) is 35.1 Å². The molecule has 0 unspecified atom stereocenters.